The summed E-state index contributed by atoms with van der Waals surface area (Å²) >= 11 is 3.21. The first-order valence-electron chi connectivity index (χ1n) is 5.88. The van der Waals surface area contributed by atoms with Gasteiger partial charge in [0.25, 0.3) is 0 Å². The van der Waals surface area contributed by atoms with Gasteiger partial charge in [0.2, 0.25) is 5.91 Å². The molecule has 0 aliphatic carbocycles. The van der Waals surface area contributed by atoms with Crippen LogP contribution in [0.4, 0.5) is 4.39 Å². The summed E-state index contributed by atoms with van der Waals surface area (Å²) < 4.78 is 14.3. The second kappa shape index (κ2) is 6.85. The van der Waals surface area contributed by atoms with Crippen LogP contribution >= 0.6 is 15.9 Å². The molecule has 1 aromatic carbocycles. The normalized spacial score (nSPS) is 12.3. The molecule has 0 heterocycles. The highest BCUT2D eigenvalue weighted by molar-refractivity contribution is 9.10. The van der Waals surface area contributed by atoms with Crippen LogP contribution < -0.4 is 5.32 Å². The number of hydrogen-bond donors (Lipinski definition) is 1. The van der Waals surface area contributed by atoms with Gasteiger partial charge in [-0.1, -0.05) is 22.0 Å². The summed E-state index contributed by atoms with van der Waals surface area (Å²) in [6.45, 7) is 4.70. The second-order valence-corrected chi connectivity index (χ2v) is 5.11. The first-order valence-corrected chi connectivity index (χ1v) is 6.67. The lowest BCUT2D eigenvalue weighted by Gasteiger charge is -2.20. The van der Waals surface area contributed by atoms with Gasteiger partial charge >= 0.3 is 0 Å². The number of carbonyl (C=O) groups excluding carboxylic acids is 1. The number of amides is 1. The number of hydrogen-bond acceptors (Lipinski definition) is 2. The Morgan fingerprint density at radius 2 is 2.22 bits per heavy atom. The van der Waals surface area contributed by atoms with Gasteiger partial charge in [-0.25, -0.2) is 4.39 Å². The van der Waals surface area contributed by atoms with Gasteiger partial charge in [0.15, 0.2) is 0 Å². The van der Waals surface area contributed by atoms with Gasteiger partial charge in [0, 0.05) is 30.2 Å². The van der Waals surface area contributed by atoms with Crippen molar-refractivity contribution < 1.29 is 9.18 Å². The largest absolute Gasteiger partial charge is 0.345 e. The molecule has 0 aliphatic rings. The molecule has 0 saturated heterocycles. The molecule has 0 aliphatic heterocycles. The lowest BCUT2D eigenvalue weighted by molar-refractivity contribution is -0.131. The van der Waals surface area contributed by atoms with Crippen LogP contribution in [-0.2, 0) is 11.3 Å². The predicted octanol–water partition coefficient (Wildman–Crippen LogP) is 2.54. The van der Waals surface area contributed by atoms with Crippen LogP contribution in [0.2, 0.25) is 0 Å². The number of nitrogens with one attached hydrogen (secondary N) is 1. The molecule has 1 rings (SSSR count). The van der Waals surface area contributed by atoms with Gasteiger partial charge in [-0.05, 0) is 26.0 Å². The molecule has 0 saturated carbocycles. The van der Waals surface area contributed by atoms with E-state index in [0.29, 0.717) is 23.1 Å². The molecule has 0 fully saturated rings. The van der Waals surface area contributed by atoms with Gasteiger partial charge in [0.05, 0.1) is 6.04 Å². The molecule has 0 aromatic heterocycles. The fourth-order valence-corrected chi connectivity index (χ4v) is 1.83. The molecule has 1 unspecified atom stereocenters. The molecule has 1 amide bonds. The maximum atomic E-state index is 13.6. The standard InChI is InChI=1S/C13H18BrFN2O/c1-4-17(3)13(18)9(2)16-8-10-5-6-11(14)7-12(10)15/h5-7,9,16H,4,8H2,1-3H3. The molecule has 100 valence electrons. The Morgan fingerprint density at radius 1 is 1.56 bits per heavy atom. The molecular formula is C13H18BrFN2O. The van der Waals surface area contributed by atoms with Crippen LogP contribution in [0, 0.1) is 5.82 Å². The van der Waals surface area contributed by atoms with Crippen LogP contribution in [0.25, 0.3) is 0 Å². The number of likely N-dealkylation sites (N-methyl/N-ethyl adjacent to an activating group) is 1. The van der Waals surface area contributed by atoms with Crippen molar-refractivity contribution in [1.29, 1.82) is 0 Å². The van der Waals surface area contributed by atoms with Crippen molar-refractivity contribution >= 4 is 21.8 Å². The van der Waals surface area contributed by atoms with Crippen LogP contribution in [-0.4, -0.2) is 30.4 Å². The van der Waals surface area contributed by atoms with Crippen LogP contribution in [0.1, 0.15) is 19.4 Å². The molecular weight excluding hydrogens is 299 g/mol. The fourth-order valence-electron chi connectivity index (χ4n) is 1.50. The van der Waals surface area contributed by atoms with E-state index in [1.54, 1.807) is 31.0 Å². The minimum Gasteiger partial charge on any atom is -0.345 e. The summed E-state index contributed by atoms with van der Waals surface area (Å²) in [6, 6.07) is 4.58. The SMILES string of the molecule is CCN(C)C(=O)C(C)NCc1ccc(Br)cc1F. The molecule has 0 bridgehead atoms. The third kappa shape index (κ3) is 4.07. The fraction of sp³-hybridized carbons (Fsp3) is 0.462. The van der Waals surface area contributed by atoms with Crippen LogP contribution in [0.5, 0.6) is 0 Å². The van der Waals surface area contributed by atoms with E-state index in [1.807, 2.05) is 6.92 Å². The Morgan fingerprint density at radius 3 is 2.78 bits per heavy atom. The van der Waals surface area contributed by atoms with Crippen molar-refractivity contribution in [1.82, 2.24) is 10.2 Å². The second-order valence-electron chi connectivity index (χ2n) is 4.19. The first-order chi connectivity index (χ1) is 8.45. The lowest BCUT2D eigenvalue weighted by atomic mass is 10.2. The topological polar surface area (TPSA) is 32.3 Å². The van der Waals surface area contributed by atoms with E-state index in [0.717, 1.165) is 0 Å². The Bertz CT molecular complexity index is 425. The highest BCUT2D eigenvalue weighted by Gasteiger charge is 2.16. The van der Waals surface area contributed by atoms with Crippen molar-refractivity contribution in [2.75, 3.05) is 13.6 Å². The summed E-state index contributed by atoms with van der Waals surface area (Å²) in [5.41, 5.74) is 0.553. The highest BCUT2D eigenvalue weighted by atomic mass is 79.9. The third-order valence-electron chi connectivity index (χ3n) is 2.83. The summed E-state index contributed by atoms with van der Waals surface area (Å²) in [5, 5.41) is 3.03. The Kier molecular flexibility index (Phi) is 5.75. The monoisotopic (exact) mass is 316 g/mol. The molecule has 0 radical (unpaired) electrons. The van der Waals surface area contributed by atoms with E-state index in [4.69, 9.17) is 0 Å². The maximum absolute atomic E-state index is 13.6. The zero-order valence-corrected chi connectivity index (χ0v) is 12.4. The van der Waals surface area contributed by atoms with Gasteiger partial charge < -0.3 is 10.2 Å². The van der Waals surface area contributed by atoms with Gasteiger partial charge in [-0.3, -0.25) is 4.79 Å². The number of rotatable bonds is 5. The van der Waals surface area contributed by atoms with Crippen molar-refractivity contribution in [3.05, 3.63) is 34.1 Å². The number of carbonyl (C=O) groups is 1. The third-order valence-corrected chi connectivity index (χ3v) is 3.33. The maximum Gasteiger partial charge on any atom is 0.239 e. The van der Waals surface area contributed by atoms with E-state index in [9.17, 15) is 9.18 Å². The van der Waals surface area contributed by atoms with Gasteiger partial charge in [0.1, 0.15) is 5.82 Å². The molecule has 1 atom stereocenters. The lowest BCUT2D eigenvalue weighted by Crippen LogP contribution is -2.42. The van der Waals surface area contributed by atoms with Gasteiger partial charge in [-0.15, -0.1) is 0 Å². The summed E-state index contributed by atoms with van der Waals surface area (Å²) in [6.07, 6.45) is 0. The van der Waals surface area contributed by atoms with Gasteiger partial charge in [-0.2, -0.15) is 0 Å². The minimum atomic E-state index is -0.321. The molecule has 3 nitrogen and oxygen atoms in total. The minimum absolute atomic E-state index is 0.00928. The van der Waals surface area contributed by atoms with Crippen molar-refractivity contribution in [3.63, 3.8) is 0 Å². The average molecular weight is 317 g/mol. The Labute approximate surface area is 115 Å². The van der Waals surface area contributed by atoms with Crippen LogP contribution in [0.15, 0.2) is 22.7 Å². The van der Waals surface area contributed by atoms with Crippen molar-refractivity contribution in [2.24, 2.45) is 0 Å². The summed E-state index contributed by atoms with van der Waals surface area (Å²) in [4.78, 5) is 13.4. The molecule has 1 aromatic rings. The van der Waals surface area contributed by atoms with E-state index in [2.05, 4.69) is 21.2 Å². The van der Waals surface area contributed by atoms with Crippen LogP contribution in [0.3, 0.4) is 0 Å². The zero-order valence-electron chi connectivity index (χ0n) is 10.8. The quantitative estimate of drug-likeness (QED) is 0.905. The van der Waals surface area contributed by atoms with E-state index >= 15 is 0 Å². The summed E-state index contributed by atoms with van der Waals surface area (Å²) in [5.74, 6) is -0.268. The molecule has 5 heteroatoms. The van der Waals surface area contributed by atoms with E-state index < -0.39 is 0 Å². The van der Waals surface area contributed by atoms with E-state index in [1.165, 1.54) is 6.07 Å². The number of benzene rings is 1. The molecule has 18 heavy (non-hydrogen) atoms. The smallest absolute Gasteiger partial charge is 0.239 e. The highest BCUT2D eigenvalue weighted by Crippen LogP contribution is 2.15. The van der Waals surface area contributed by atoms with Crippen molar-refractivity contribution in [2.45, 2.75) is 26.4 Å². The summed E-state index contributed by atoms with van der Waals surface area (Å²) in [7, 11) is 1.75. The molecule has 0 spiro atoms. The predicted molar refractivity (Wildman–Crippen MR) is 73.7 cm³/mol. The zero-order chi connectivity index (χ0) is 13.7. The van der Waals surface area contributed by atoms with E-state index in [-0.39, 0.29) is 17.8 Å². The average Bonchev–Trinajstić information content (AvgIpc) is 2.35. The Balaban J connectivity index is 2.57. The van der Waals surface area contributed by atoms with Crippen molar-refractivity contribution in [3.8, 4) is 0 Å². The number of nitrogens with zero attached hydrogens (tertiary/aromatic N) is 1. The first kappa shape index (κ1) is 15.1. The molecule has 1 N–H and O–H groups in total. The number of halogens is 2. The Hall–Kier alpha value is -0.940.